The van der Waals surface area contributed by atoms with E-state index >= 15 is 0 Å². The molecule has 3 rings (SSSR count). The van der Waals surface area contributed by atoms with Crippen molar-refractivity contribution < 1.29 is 4.79 Å². The van der Waals surface area contributed by atoms with Crippen LogP contribution in [0.1, 0.15) is 49.8 Å². The van der Waals surface area contributed by atoms with Gasteiger partial charge < -0.3 is 9.80 Å². The van der Waals surface area contributed by atoms with Crippen molar-refractivity contribution in [3.05, 3.63) is 65.7 Å². The Bertz CT molecular complexity index is 709. The standard InChI is InChI=1S/C22H28N2O/c1-4-24(5-2)22(25)16-18-15-21(17-11-7-6-8-12-17)23(3)20-14-10-9-13-19(18)20/h6-14,18,21H,4-5,15-16H2,1-3H3/t18-,21+/m1/s1. The summed E-state index contributed by atoms with van der Waals surface area (Å²) in [5, 5.41) is 0. The van der Waals surface area contributed by atoms with Crippen LogP contribution in [0, 0.1) is 0 Å². The van der Waals surface area contributed by atoms with Gasteiger partial charge in [0.25, 0.3) is 0 Å². The summed E-state index contributed by atoms with van der Waals surface area (Å²) in [6.45, 7) is 5.67. The largest absolute Gasteiger partial charge is 0.367 e. The molecule has 0 fully saturated rings. The average molecular weight is 336 g/mol. The summed E-state index contributed by atoms with van der Waals surface area (Å²) in [6.07, 6.45) is 1.57. The van der Waals surface area contributed by atoms with Crippen LogP contribution >= 0.6 is 0 Å². The number of anilines is 1. The maximum atomic E-state index is 12.7. The van der Waals surface area contributed by atoms with E-state index in [0.29, 0.717) is 12.5 Å². The minimum absolute atomic E-state index is 0.265. The van der Waals surface area contributed by atoms with Crippen LogP contribution in [0.2, 0.25) is 0 Å². The van der Waals surface area contributed by atoms with Crippen LogP contribution in [0.5, 0.6) is 0 Å². The Kier molecular flexibility index (Phi) is 5.42. The second-order valence-corrected chi connectivity index (χ2v) is 6.80. The fraction of sp³-hybridized carbons (Fsp3) is 0.409. The van der Waals surface area contributed by atoms with Crippen LogP contribution in [0.4, 0.5) is 5.69 Å². The number of carbonyl (C=O) groups is 1. The third kappa shape index (κ3) is 3.55. The smallest absolute Gasteiger partial charge is 0.223 e. The van der Waals surface area contributed by atoms with Crippen molar-refractivity contribution in [3.63, 3.8) is 0 Å². The van der Waals surface area contributed by atoms with Crippen molar-refractivity contribution in [3.8, 4) is 0 Å². The number of hydrogen-bond acceptors (Lipinski definition) is 2. The summed E-state index contributed by atoms with van der Waals surface area (Å²) in [7, 11) is 2.17. The number of nitrogens with zero attached hydrogens (tertiary/aromatic N) is 2. The average Bonchev–Trinajstić information content (AvgIpc) is 2.66. The molecule has 0 radical (unpaired) electrons. The highest BCUT2D eigenvalue weighted by atomic mass is 16.2. The van der Waals surface area contributed by atoms with Gasteiger partial charge in [-0.3, -0.25) is 4.79 Å². The Morgan fingerprint density at radius 2 is 1.68 bits per heavy atom. The van der Waals surface area contributed by atoms with Crippen molar-refractivity contribution in [1.29, 1.82) is 0 Å². The van der Waals surface area contributed by atoms with E-state index in [0.717, 1.165) is 19.5 Å². The molecule has 0 bridgehead atoms. The van der Waals surface area contributed by atoms with E-state index in [1.807, 2.05) is 4.90 Å². The van der Waals surface area contributed by atoms with E-state index in [4.69, 9.17) is 0 Å². The second kappa shape index (κ2) is 7.73. The minimum Gasteiger partial charge on any atom is -0.367 e. The third-order valence-corrected chi connectivity index (χ3v) is 5.45. The molecule has 3 nitrogen and oxygen atoms in total. The molecule has 0 unspecified atom stereocenters. The highest BCUT2D eigenvalue weighted by Crippen LogP contribution is 2.45. The molecule has 0 N–H and O–H groups in total. The fourth-order valence-corrected chi connectivity index (χ4v) is 4.02. The van der Waals surface area contributed by atoms with Gasteiger partial charge in [0, 0.05) is 32.2 Å². The fourth-order valence-electron chi connectivity index (χ4n) is 4.02. The predicted molar refractivity (Wildman–Crippen MR) is 104 cm³/mol. The van der Waals surface area contributed by atoms with Crippen LogP contribution in [-0.2, 0) is 4.79 Å². The van der Waals surface area contributed by atoms with Gasteiger partial charge in [0.1, 0.15) is 0 Å². The first kappa shape index (κ1) is 17.5. The van der Waals surface area contributed by atoms with Gasteiger partial charge in [-0.05, 0) is 43.4 Å². The maximum Gasteiger partial charge on any atom is 0.223 e. The van der Waals surface area contributed by atoms with Crippen LogP contribution in [-0.4, -0.2) is 30.9 Å². The lowest BCUT2D eigenvalue weighted by Crippen LogP contribution is -2.35. The summed E-state index contributed by atoms with van der Waals surface area (Å²) in [4.78, 5) is 17.0. The lowest BCUT2D eigenvalue weighted by Gasteiger charge is -2.40. The Morgan fingerprint density at radius 1 is 1.04 bits per heavy atom. The molecular weight excluding hydrogens is 308 g/mol. The van der Waals surface area contributed by atoms with E-state index in [9.17, 15) is 4.79 Å². The molecule has 0 saturated heterocycles. The molecule has 1 amide bonds. The second-order valence-electron chi connectivity index (χ2n) is 6.80. The Labute approximate surface area is 151 Å². The van der Waals surface area contributed by atoms with Gasteiger partial charge in [-0.15, -0.1) is 0 Å². The zero-order valence-electron chi connectivity index (χ0n) is 15.5. The van der Waals surface area contributed by atoms with Gasteiger partial charge in [0.05, 0.1) is 6.04 Å². The first-order valence-corrected chi connectivity index (χ1v) is 9.30. The predicted octanol–water partition coefficient (Wildman–Crippen LogP) is 4.61. The Balaban J connectivity index is 1.92. The summed E-state index contributed by atoms with van der Waals surface area (Å²) in [6, 6.07) is 19.5. The normalized spacial score (nSPS) is 19.4. The van der Waals surface area contributed by atoms with Gasteiger partial charge in [0.2, 0.25) is 5.91 Å². The molecule has 2 atom stereocenters. The van der Waals surface area contributed by atoms with Crippen molar-refractivity contribution >= 4 is 11.6 Å². The van der Waals surface area contributed by atoms with E-state index in [1.165, 1.54) is 16.8 Å². The quantitative estimate of drug-likeness (QED) is 0.796. The molecule has 1 aliphatic rings. The van der Waals surface area contributed by atoms with Gasteiger partial charge in [-0.25, -0.2) is 0 Å². The van der Waals surface area contributed by atoms with E-state index in [-0.39, 0.29) is 11.8 Å². The zero-order chi connectivity index (χ0) is 17.8. The number of hydrogen-bond donors (Lipinski definition) is 0. The molecule has 2 aromatic rings. The van der Waals surface area contributed by atoms with Crippen molar-refractivity contribution in [2.75, 3.05) is 25.0 Å². The van der Waals surface area contributed by atoms with E-state index in [2.05, 4.69) is 80.4 Å². The molecule has 0 spiro atoms. The number of rotatable bonds is 5. The van der Waals surface area contributed by atoms with Gasteiger partial charge >= 0.3 is 0 Å². The van der Waals surface area contributed by atoms with Gasteiger partial charge in [0.15, 0.2) is 0 Å². The van der Waals surface area contributed by atoms with Crippen LogP contribution in [0.3, 0.4) is 0 Å². The molecular formula is C22H28N2O. The van der Waals surface area contributed by atoms with Gasteiger partial charge in [-0.1, -0.05) is 48.5 Å². The van der Waals surface area contributed by atoms with Gasteiger partial charge in [-0.2, -0.15) is 0 Å². The lowest BCUT2D eigenvalue weighted by molar-refractivity contribution is -0.131. The van der Waals surface area contributed by atoms with Crippen LogP contribution in [0.15, 0.2) is 54.6 Å². The lowest BCUT2D eigenvalue weighted by atomic mass is 9.81. The molecule has 3 heteroatoms. The third-order valence-electron chi connectivity index (χ3n) is 5.45. The first-order valence-electron chi connectivity index (χ1n) is 9.30. The zero-order valence-corrected chi connectivity index (χ0v) is 15.5. The van der Waals surface area contributed by atoms with Crippen LogP contribution < -0.4 is 4.90 Å². The molecule has 0 aliphatic carbocycles. The Morgan fingerprint density at radius 3 is 2.36 bits per heavy atom. The van der Waals surface area contributed by atoms with E-state index in [1.54, 1.807) is 0 Å². The number of benzene rings is 2. The number of fused-ring (bicyclic) bond motifs is 1. The molecule has 25 heavy (non-hydrogen) atoms. The molecule has 132 valence electrons. The molecule has 2 aromatic carbocycles. The van der Waals surface area contributed by atoms with Crippen LogP contribution in [0.25, 0.3) is 0 Å². The Hall–Kier alpha value is -2.29. The molecule has 0 saturated carbocycles. The SMILES string of the molecule is CCN(CC)C(=O)C[C@H]1C[C@@H](c2ccccc2)N(C)c2ccccc21. The summed E-state index contributed by atoms with van der Waals surface area (Å²) < 4.78 is 0. The minimum atomic E-state index is 0.265. The first-order chi connectivity index (χ1) is 12.2. The molecule has 1 aliphatic heterocycles. The van der Waals surface area contributed by atoms with Crippen molar-refractivity contribution in [2.24, 2.45) is 0 Å². The summed E-state index contributed by atoms with van der Waals surface area (Å²) >= 11 is 0. The monoisotopic (exact) mass is 336 g/mol. The maximum absolute atomic E-state index is 12.7. The number of para-hydroxylation sites is 1. The molecule has 1 heterocycles. The van der Waals surface area contributed by atoms with E-state index < -0.39 is 0 Å². The number of amides is 1. The summed E-state index contributed by atoms with van der Waals surface area (Å²) in [5.41, 5.74) is 3.87. The van der Waals surface area contributed by atoms with Crippen molar-refractivity contribution in [1.82, 2.24) is 4.90 Å². The highest BCUT2D eigenvalue weighted by Gasteiger charge is 2.32. The van der Waals surface area contributed by atoms with Crippen molar-refractivity contribution in [2.45, 2.75) is 38.6 Å². The topological polar surface area (TPSA) is 23.6 Å². The number of carbonyl (C=O) groups excluding carboxylic acids is 1. The highest BCUT2D eigenvalue weighted by molar-refractivity contribution is 5.78. The summed E-state index contributed by atoms with van der Waals surface area (Å²) in [5.74, 6) is 0.534. The molecule has 0 aromatic heterocycles.